The molecule has 0 bridgehead atoms. The van der Waals surface area contributed by atoms with Gasteiger partial charge < -0.3 is 10.2 Å². The molecule has 1 aromatic heterocycles. The van der Waals surface area contributed by atoms with Crippen molar-refractivity contribution in [1.82, 2.24) is 4.98 Å². The van der Waals surface area contributed by atoms with Crippen molar-refractivity contribution in [3.05, 3.63) is 46.6 Å². The maximum atomic E-state index is 12.9. The number of pyridine rings is 1. The summed E-state index contributed by atoms with van der Waals surface area (Å²) < 4.78 is 0.902. The van der Waals surface area contributed by atoms with Gasteiger partial charge in [0.05, 0.1) is 23.8 Å². The quantitative estimate of drug-likeness (QED) is 0.834. The fraction of sp³-hybridized carbons (Fsp3) is 0.235. The minimum atomic E-state index is -0.201. The lowest BCUT2D eigenvalue weighted by atomic mass is 9.83. The van der Waals surface area contributed by atoms with Gasteiger partial charge in [0, 0.05) is 29.1 Å². The van der Waals surface area contributed by atoms with Crippen LogP contribution in [-0.4, -0.2) is 16.7 Å². The van der Waals surface area contributed by atoms with Gasteiger partial charge >= 0.3 is 0 Å². The van der Waals surface area contributed by atoms with Crippen LogP contribution in [0.5, 0.6) is 0 Å². The SMILES string of the molecule is O=C1CC(C(=O)N2Cc3cccnc3Nc3ccc(Br)cc32)C1. The van der Waals surface area contributed by atoms with Crippen molar-refractivity contribution in [3.8, 4) is 0 Å². The Morgan fingerprint density at radius 2 is 2.13 bits per heavy atom. The zero-order chi connectivity index (χ0) is 16.0. The zero-order valence-corrected chi connectivity index (χ0v) is 13.8. The van der Waals surface area contributed by atoms with Crippen molar-refractivity contribution in [2.45, 2.75) is 19.4 Å². The van der Waals surface area contributed by atoms with E-state index in [9.17, 15) is 9.59 Å². The molecule has 0 unspecified atom stereocenters. The molecule has 116 valence electrons. The van der Waals surface area contributed by atoms with E-state index in [-0.39, 0.29) is 17.6 Å². The highest BCUT2D eigenvalue weighted by Crippen LogP contribution is 2.38. The van der Waals surface area contributed by atoms with E-state index in [2.05, 4.69) is 26.2 Å². The maximum absolute atomic E-state index is 12.9. The number of benzene rings is 1. The zero-order valence-electron chi connectivity index (χ0n) is 12.3. The van der Waals surface area contributed by atoms with Crippen molar-refractivity contribution in [1.29, 1.82) is 0 Å². The molecular formula is C17H14BrN3O2. The van der Waals surface area contributed by atoms with E-state index in [1.165, 1.54) is 0 Å². The second-order valence-electron chi connectivity index (χ2n) is 5.87. The minimum absolute atomic E-state index is 0.00227. The Morgan fingerprint density at radius 1 is 1.30 bits per heavy atom. The van der Waals surface area contributed by atoms with Gasteiger partial charge in [-0.3, -0.25) is 9.59 Å². The number of aromatic nitrogens is 1. The predicted molar refractivity (Wildman–Crippen MR) is 90.6 cm³/mol. The van der Waals surface area contributed by atoms with Crippen LogP contribution < -0.4 is 10.2 Å². The summed E-state index contributed by atoms with van der Waals surface area (Å²) in [5.41, 5.74) is 2.60. The van der Waals surface area contributed by atoms with Crippen LogP contribution in [0.3, 0.4) is 0 Å². The third kappa shape index (κ3) is 2.53. The first-order valence-corrected chi connectivity index (χ1v) is 8.24. The van der Waals surface area contributed by atoms with Crippen LogP contribution in [0.4, 0.5) is 17.2 Å². The molecule has 0 atom stereocenters. The number of fused-ring (bicyclic) bond motifs is 2. The monoisotopic (exact) mass is 371 g/mol. The Balaban J connectivity index is 1.79. The van der Waals surface area contributed by atoms with Crippen molar-refractivity contribution in [2.75, 3.05) is 10.2 Å². The van der Waals surface area contributed by atoms with E-state index in [4.69, 9.17) is 0 Å². The number of Topliss-reactive ketones (excluding diaryl/α,β-unsaturated/α-hetero) is 1. The summed E-state index contributed by atoms with van der Waals surface area (Å²) in [6.45, 7) is 0.448. The first-order chi connectivity index (χ1) is 11.1. The molecule has 0 saturated heterocycles. The number of rotatable bonds is 1. The lowest BCUT2D eigenvalue weighted by Crippen LogP contribution is -2.41. The second kappa shape index (κ2) is 5.45. The number of hydrogen-bond donors (Lipinski definition) is 1. The molecule has 2 aliphatic rings. The molecule has 2 heterocycles. The number of carbonyl (C=O) groups excluding carboxylic acids is 2. The van der Waals surface area contributed by atoms with Gasteiger partial charge in [0.25, 0.3) is 0 Å². The highest BCUT2D eigenvalue weighted by atomic mass is 79.9. The summed E-state index contributed by atoms with van der Waals surface area (Å²) in [4.78, 5) is 30.3. The standard InChI is InChI=1S/C17H14BrN3O2/c18-12-3-4-14-15(8-12)21(17(23)11-6-13(22)7-11)9-10-2-1-5-19-16(10)20-14/h1-5,8,11H,6-7,9H2,(H,19,20). The van der Waals surface area contributed by atoms with Crippen LogP contribution in [0.15, 0.2) is 41.0 Å². The van der Waals surface area contributed by atoms with Gasteiger partial charge in [-0.2, -0.15) is 0 Å². The summed E-state index contributed by atoms with van der Waals surface area (Å²) in [6.07, 6.45) is 2.43. The highest BCUT2D eigenvalue weighted by Gasteiger charge is 2.37. The van der Waals surface area contributed by atoms with E-state index in [1.54, 1.807) is 11.1 Å². The molecule has 1 aromatic carbocycles. The molecular weight excluding hydrogens is 358 g/mol. The molecule has 1 amide bonds. The largest absolute Gasteiger partial charge is 0.338 e. The highest BCUT2D eigenvalue weighted by molar-refractivity contribution is 9.10. The molecule has 1 aliphatic heterocycles. The number of anilines is 3. The van der Waals surface area contributed by atoms with Crippen LogP contribution in [0.2, 0.25) is 0 Å². The second-order valence-corrected chi connectivity index (χ2v) is 6.78. The van der Waals surface area contributed by atoms with Crippen LogP contribution >= 0.6 is 15.9 Å². The molecule has 0 spiro atoms. The summed E-state index contributed by atoms with van der Waals surface area (Å²) >= 11 is 3.47. The molecule has 6 heteroatoms. The number of hydrogen-bond acceptors (Lipinski definition) is 4. The van der Waals surface area contributed by atoms with E-state index in [0.29, 0.717) is 19.4 Å². The van der Waals surface area contributed by atoms with Crippen molar-refractivity contribution in [3.63, 3.8) is 0 Å². The molecule has 1 fully saturated rings. The molecule has 1 aliphatic carbocycles. The average Bonchev–Trinajstić information content (AvgIpc) is 2.67. The Bertz CT molecular complexity index is 813. The fourth-order valence-corrected chi connectivity index (χ4v) is 3.33. The molecule has 1 saturated carbocycles. The number of nitrogens with one attached hydrogen (secondary N) is 1. The molecule has 23 heavy (non-hydrogen) atoms. The summed E-state index contributed by atoms with van der Waals surface area (Å²) in [7, 11) is 0. The number of halogens is 1. The van der Waals surface area contributed by atoms with Crippen molar-refractivity contribution < 1.29 is 9.59 Å². The third-order valence-electron chi connectivity index (χ3n) is 4.29. The van der Waals surface area contributed by atoms with Gasteiger partial charge in [-0.15, -0.1) is 0 Å². The summed E-state index contributed by atoms with van der Waals surface area (Å²) in [5.74, 6) is 0.721. The molecule has 5 nitrogen and oxygen atoms in total. The third-order valence-corrected chi connectivity index (χ3v) is 4.78. The number of ketones is 1. The Morgan fingerprint density at radius 3 is 2.91 bits per heavy atom. The minimum Gasteiger partial charge on any atom is -0.338 e. The van der Waals surface area contributed by atoms with Crippen LogP contribution in [0, 0.1) is 5.92 Å². The van der Waals surface area contributed by atoms with Crippen molar-refractivity contribution >= 4 is 44.8 Å². The van der Waals surface area contributed by atoms with Crippen LogP contribution in [0.1, 0.15) is 18.4 Å². The van der Waals surface area contributed by atoms with E-state index in [1.807, 2.05) is 30.3 Å². The normalized spacial score (nSPS) is 16.7. The van der Waals surface area contributed by atoms with Gasteiger partial charge in [-0.1, -0.05) is 22.0 Å². The average molecular weight is 372 g/mol. The van der Waals surface area contributed by atoms with Gasteiger partial charge in [-0.05, 0) is 24.3 Å². The molecule has 4 rings (SSSR count). The number of amides is 1. The molecule has 0 radical (unpaired) electrons. The fourth-order valence-electron chi connectivity index (χ4n) is 2.98. The first kappa shape index (κ1) is 14.4. The topological polar surface area (TPSA) is 62.3 Å². The Kier molecular flexibility index (Phi) is 3.41. The first-order valence-electron chi connectivity index (χ1n) is 7.45. The smallest absolute Gasteiger partial charge is 0.231 e. The van der Waals surface area contributed by atoms with Gasteiger partial charge in [0.2, 0.25) is 5.91 Å². The maximum Gasteiger partial charge on any atom is 0.231 e. The molecule has 2 aromatic rings. The van der Waals surface area contributed by atoms with Gasteiger partial charge in [-0.25, -0.2) is 4.98 Å². The van der Waals surface area contributed by atoms with E-state index < -0.39 is 0 Å². The lowest BCUT2D eigenvalue weighted by molar-refractivity contribution is -0.136. The van der Waals surface area contributed by atoms with Gasteiger partial charge in [0.1, 0.15) is 11.6 Å². The predicted octanol–water partition coefficient (Wildman–Crippen LogP) is 3.41. The number of nitrogens with zero attached hydrogens (tertiary/aromatic N) is 2. The van der Waals surface area contributed by atoms with Crippen LogP contribution in [-0.2, 0) is 16.1 Å². The lowest BCUT2D eigenvalue weighted by Gasteiger charge is -2.31. The summed E-state index contributed by atoms with van der Waals surface area (Å²) in [5, 5.41) is 3.31. The summed E-state index contributed by atoms with van der Waals surface area (Å²) in [6, 6.07) is 9.60. The van der Waals surface area contributed by atoms with Crippen molar-refractivity contribution in [2.24, 2.45) is 5.92 Å². The number of carbonyl (C=O) groups is 2. The van der Waals surface area contributed by atoms with E-state index in [0.717, 1.165) is 27.2 Å². The van der Waals surface area contributed by atoms with E-state index >= 15 is 0 Å². The van der Waals surface area contributed by atoms with Gasteiger partial charge in [0.15, 0.2) is 0 Å². The molecule has 1 N–H and O–H groups in total. The Labute approximate surface area is 141 Å². The van der Waals surface area contributed by atoms with Crippen LogP contribution in [0.25, 0.3) is 0 Å². The Hall–Kier alpha value is -2.21.